The number of nitrogens with two attached hydrogens (primary N) is 1. The van der Waals surface area contributed by atoms with Crippen LogP contribution in [-0.4, -0.2) is 53.1 Å². The molecule has 5 rings (SSSR count). The number of anilines is 3. The van der Waals surface area contributed by atoms with Crippen LogP contribution in [0.15, 0.2) is 42.9 Å². The van der Waals surface area contributed by atoms with Gasteiger partial charge in [-0.3, -0.25) is 14.3 Å². The number of nitrogens with one attached hydrogen (secondary N) is 2. The number of para-hydroxylation sites is 1. The van der Waals surface area contributed by atoms with Gasteiger partial charge in [0.2, 0.25) is 5.91 Å². The topological polar surface area (TPSA) is 133 Å². The first-order chi connectivity index (χ1) is 16.9. The summed E-state index contributed by atoms with van der Waals surface area (Å²) in [6.45, 7) is 0.318. The molecule has 1 saturated heterocycles. The number of halogens is 1. The van der Waals surface area contributed by atoms with Crippen molar-refractivity contribution in [2.45, 2.75) is 25.1 Å². The van der Waals surface area contributed by atoms with Crippen molar-refractivity contribution >= 4 is 29.0 Å². The Bertz CT molecular complexity index is 1270. The summed E-state index contributed by atoms with van der Waals surface area (Å²) in [5.41, 5.74) is 8.08. The minimum atomic E-state index is -1.12. The fourth-order valence-electron chi connectivity index (χ4n) is 4.04. The number of nitrogens with zero attached hydrogens (tertiary/aromatic N) is 3. The van der Waals surface area contributed by atoms with Gasteiger partial charge in [0, 0.05) is 35.5 Å². The van der Waals surface area contributed by atoms with Crippen LogP contribution in [0.4, 0.5) is 21.6 Å². The van der Waals surface area contributed by atoms with Crippen molar-refractivity contribution in [3.63, 3.8) is 0 Å². The number of pyridine rings is 1. The molecule has 0 bridgehead atoms. The van der Waals surface area contributed by atoms with Crippen LogP contribution in [0.2, 0.25) is 0 Å². The van der Waals surface area contributed by atoms with Crippen LogP contribution in [0.3, 0.4) is 0 Å². The first-order valence-electron chi connectivity index (χ1n) is 11.3. The maximum atomic E-state index is 14.1. The summed E-state index contributed by atoms with van der Waals surface area (Å²) in [4.78, 5) is 28.3. The molecule has 2 aliphatic rings. The van der Waals surface area contributed by atoms with E-state index >= 15 is 0 Å². The fourth-order valence-corrected chi connectivity index (χ4v) is 4.04. The molecule has 11 heteroatoms. The number of methoxy groups -OCH3 is 1. The monoisotopic (exact) mass is 480 g/mol. The Morgan fingerprint density at radius 1 is 1.23 bits per heavy atom. The van der Waals surface area contributed by atoms with E-state index in [4.69, 9.17) is 15.2 Å². The largest absolute Gasteiger partial charge is 0.494 e. The summed E-state index contributed by atoms with van der Waals surface area (Å²) in [6, 6.07) is 6.53. The van der Waals surface area contributed by atoms with E-state index in [1.165, 1.54) is 13.3 Å². The summed E-state index contributed by atoms with van der Waals surface area (Å²) in [5.74, 6) is 0.0314. The molecule has 1 saturated carbocycles. The van der Waals surface area contributed by atoms with Gasteiger partial charge in [0.25, 0.3) is 5.91 Å². The van der Waals surface area contributed by atoms with E-state index in [0.29, 0.717) is 22.9 Å². The van der Waals surface area contributed by atoms with Crippen LogP contribution >= 0.6 is 0 Å². The molecule has 35 heavy (non-hydrogen) atoms. The number of benzene rings is 1. The Balaban J connectivity index is 1.46. The normalized spacial score (nSPS) is 19.4. The molecule has 0 radical (unpaired) electrons. The van der Waals surface area contributed by atoms with E-state index in [2.05, 4.69) is 20.7 Å². The molecule has 2 atom stereocenters. The molecule has 4 N–H and O–H groups in total. The van der Waals surface area contributed by atoms with E-state index < -0.39 is 18.1 Å². The smallest absolute Gasteiger partial charge is 0.252 e. The lowest BCUT2D eigenvalue weighted by atomic mass is 10.1. The maximum Gasteiger partial charge on any atom is 0.252 e. The first kappa shape index (κ1) is 22.8. The van der Waals surface area contributed by atoms with Crippen LogP contribution in [0, 0.1) is 5.92 Å². The number of carbonyl (C=O) groups excluding carboxylic acids is 2. The molecule has 1 aromatic carbocycles. The van der Waals surface area contributed by atoms with Gasteiger partial charge in [-0.05, 0) is 18.9 Å². The summed E-state index contributed by atoms with van der Waals surface area (Å²) in [5, 5.41) is 10.3. The molecule has 1 aliphatic heterocycles. The number of alkyl halides is 1. The van der Waals surface area contributed by atoms with Gasteiger partial charge in [-0.1, -0.05) is 12.1 Å². The number of hydrogen-bond acceptors (Lipinski definition) is 7. The minimum Gasteiger partial charge on any atom is -0.494 e. The number of primary amides is 1. The lowest BCUT2D eigenvalue weighted by Crippen LogP contribution is -2.18. The average molecular weight is 481 g/mol. The second kappa shape index (κ2) is 9.34. The number of aromatic nitrogens is 3. The number of ether oxygens (including phenoxy) is 2. The molecule has 1 aliphatic carbocycles. The Kier molecular flexibility index (Phi) is 6.08. The molecule has 3 heterocycles. The molecule has 2 fully saturated rings. The van der Waals surface area contributed by atoms with Crippen LogP contribution in [0.5, 0.6) is 5.75 Å². The molecular weight excluding hydrogens is 455 g/mol. The van der Waals surface area contributed by atoms with Crippen LogP contribution < -0.4 is 21.1 Å². The fraction of sp³-hybridized carbons (Fsp3) is 0.333. The predicted molar refractivity (Wildman–Crippen MR) is 126 cm³/mol. The van der Waals surface area contributed by atoms with Crippen molar-refractivity contribution in [2.75, 3.05) is 31.0 Å². The van der Waals surface area contributed by atoms with Gasteiger partial charge in [-0.15, -0.1) is 0 Å². The highest BCUT2D eigenvalue weighted by molar-refractivity contribution is 6.01. The van der Waals surface area contributed by atoms with Crippen LogP contribution in [0.25, 0.3) is 11.1 Å². The van der Waals surface area contributed by atoms with Gasteiger partial charge in [0.05, 0.1) is 43.5 Å². The predicted octanol–water partition coefficient (Wildman–Crippen LogP) is 3.05. The number of rotatable bonds is 8. The molecule has 2 aromatic heterocycles. The van der Waals surface area contributed by atoms with Gasteiger partial charge in [-0.2, -0.15) is 5.10 Å². The highest BCUT2D eigenvalue weighted by atomic mass is 19.1. The third kappa shape index (κ3) is 4.67. The lowest BCUT2D eigenvalue weighted by Gasteiger charge is -2.17. The number of hydrogen-bond donors (Lipinski definition) is 3. The molecular formula is C24H25FN6O4. The molecule has 10 nitrogen and oxygen atoms in total. The van der Waals surface area contributed by atoms with Crippen molar-refractivity contribution in [1.82, 2.24) is 14.8 Å². The lowest BCUT2D eigenvalue weighted by molar-refractivity contribution is -0.117. The zero-order chi connectivity index (χ0) is 24.5. The number of carbonyl (C=O) groups is 2. The van der Waals surface area contributed by atoms with Crippen molar-refractivity contribution in [1.29, 1.82) is 0 Å². The van der Waals surface area contributed by atoms with E-state index in [9.17, 15) is 14.0 Å². The van der Waals surface area contributed by atoms with Gasteiger partial charge < -0.3 is 25.8 Å². The zero-order valence-corrected chi connectivity index (χ0v) is 19.0. The van der Waals surface area contributed by atoms with E-state index in [1.54, 1.807) is 29.2 Å². The van der Waals surface area contributed by atoms with Crippen molar-refractivity contribution in [2.24, 2.45) is 11.7 Å². The highest BCUT2D eigenvalue weighted by Crippen LogP contribution is 2.39. The van der Waals surface area contributed by atoms with Crippen molar-refractivity contribution in [3.05, 3.63) is 48.4 Å². The highest BCUT2D eigenvalue weighted by Gasteiger charge is 2.31. The van der Waals surface area contributed by atoms with Gasteiger partial charge in [0.15, 0.2) is 0 Å². The molecule has 182 valence electrons. The van der Waals surface area contributed by atoms with Crippen LogP contribution in [-0.2, 0) is 9.53 Å². The molecule has 0 spiro atoms. The third-order valence-electron chi connectivity index (χ3n) is 6.09. The average Bonchev–Trinajstić information content (AvgIpc) is 3.44. The zero-order valence-electron chi connectivity index (χ0n) is 19.0. The van der Waals surface area contributed by atoms with Crippen molar-refractivity contribution < 1.29 is 23.5 Å². The SMILES string of the molecule is COc1c(Nc2cc(NC(=O)C3CC3)ncc2C(N)=O)cccc1-c1cnn([C@@H]2COC[C@H]2F)c1. The van der Waals surface area contributed by atoms with Crippen LogP contribution in [0.1, 0.15) is 29.2 Å². The molecule has 0 unspecified atom stereocenters. The Morgan fingerprint density at radius 3 is 2.74 bits per heavy atom. The Hall–Kier alpha value is -3.99. The standard InChI is InChI=1S/C24H25FN6O4/c1-34-22-15(14-8-28-31(10-14)20-12-35-11-17(20)25)3-2-4-18(22)29-19-7-21(27-9-16(19)23(26)32)30-24(33)13-5-6-13/h2-4,7-10,13,17,20H,5-6,11-12H2,1H3,(H2,26,32)(H2,27,29,30,33)/t17-,20-/m1/s1. The van der Waals surface area contributed by atoms with E-state index in [0.717, 1.165) is 24.0 Å². The molecule has 3 aromatic rings. The van der Waals surface area contributed by atoms with Gasteiger partial charge in [-0.25, -0.2) is 9.37 Å². The second-order valence-electron chi connectivity index (χ2n) is 8.58. The Morgan fingerprint density at radius 2 is 2.06 bits per heavy atom. The van der Waals surface area contributed by atoms with Gasteiger partial charge in [0.1, 0.15) is 23.8 Å². The second-order valence-corrected chi connectivity index (χ2v) is 8.58. The summed E-state index contributed by atoms with van der Waals surface area (Å²) < 4.78 is 26.6. The summed E-state index contributed by atoms with van der Waals surface area (Å²) in [7, 11) is 1.53. The number of amides is 2. The van der Waals surface area contributed by atoms with Crippen molar-refractivity contribution in [3.8, 4) is 16.9 Å². The quantitative estimate of drug-likeness (QED) is 0.451. The third-order valence-corrected chi connectivity index (χ3v) is 6.09. The molecule has 2 amide bonds. The maximum absolute atomic E-state index is 14.1. The first-order valence-corrected chi connectivity index (χ1v) is 11.3. The van der Waals surface area contributed by atoms with Gasteiger partial charge >= 0.3 is 0 Å². The van der Waals surface area contributed by atoms with E-state index in [1.807, 2.05) is 12.1 Å². The summed E-state index contributed by atoms with van der Waals surface area (Å²) in [6.07, 6.45) is 5.31. The summed E-state index contributed by atoms with van der Waals surface area (Å²) >= 11 is 0. The van der Waals surface area contributed by atoms with E-state index in [-0.39, 0.29) is 30.6 Å². The Labute approximate surface area is 200 Å². The minimum absolute atomic E-state index is 0.00480.